The van der Waals surface area contributed by atoms with E-state index in [9.17, 15) is 8.78 Å². The van der Waals surface area contributed by atoms with Crippen LogP contribution in [0.4, 0.5) is 14.5 Å². The zero-order chi connectivity index (χ0) is 12.3. The van der Waals surface area contributed by atoms with Gasteiger partial charge in [-0.3, -0.25) is 0 Å². The molecule has 0 aromatic heterocycles. The summed E-state index contributed by atoms with van der Waals surface area (Å²) < 4.78 is 26.3. The number of hydrogen-bond acceptors (Lipinski definition) is 1. The highest BCUT2D eigenvalue weighted by molar-refractivity contribution is 7.80. The van der Waals surface area contributed by atoms with Crippen LogP contribution in [0, 0.1) is 11.6 Å². The highest BCUT2D eigenvalue weighted by Gasteiger charge is 2.16. The van der Waals surface area contributed by atoms with Crippen LogP contribution in [-0.2, 0) is 0 Å². The molecule has 0 bridgehead atoms. The number of hydrogen-bond donors (Lipinski definition) is 2. The van der Waals surface area contributed by atoms with Crippen LogP contribution in [0.1, 0.15) is 25.7 Å². The lowest BCUT2D eigenvalue weighted by molar-refractivity contribution is 0.512. The van der Waals surface area contributed by atoms with Crippen molar-refractivity contribution in [3.05, 3.63) is 29.8 Å². The summed E-state index contributed by atoms with van der Waals surface area (Å²) in [5.41, 5.74) is 0.0699. The zero-order valence-corrected chi connectivity index (χ0v) is 10.1. The van der Waals surface area contributed by atoms with Crippen molar-refractivity contribution in [2.24, 2.45) is 0 Å². The standard InChI is InChI=1S/C12H14F2N2S/c13-9-6-3-7-10(11(9)14)16-12(17)15-8-4-1-2-5-8/h3,6-8H,1-2,4-5H2,(H2,15,16,17). The molecule has 0 atom stereocenters. The predicted octanol–water partition coefficient (Wildman–Crippen LogP) is 3.19. The van der Waals surface area contributed by atoms with Crippen molar-refractivity contribution in [3.8, 4) is 0 Å². The molecule has 2 rings (SSSR count). The van der Waals surface area contributed by atoms with Gasteiger partial charge in [0.15, 0.2) is 16.7 Å². The van der Waals surface area contributed by atoms with E-state index in [1.807, 2.05) is 0 Å². The van der Waals surface area contributed by atoms with Crippen molar-refractivity contribution >= 4 is 23.0 Å². The summed E-state index contributed by atoms with van der Waals surface area (Å²) in [6, 6.07) is 4.33. The van der Waals surface area contributed by atoms with Crippen molar-refractivity contribution in [1.29, 1.82) is 0 Å². The third kappa shape index (κ3) is 3.12. The first-order valence-corrected chi connectivity index (χ1v) is 6.09. The normalized spacial score (nSPS) is 15.9. The molecule has 1 fully saturated rings. The third-order valence-corrected chi connectivity index (χ3v) is 3.11. The first-order valence-electron chi connectivity index (χ1n) is 5.68. The average molecular weight is 256 g/mol. The lowest BCUT2D eigenvalue weighted by Gasteiger charge is -2.16. The highest BCUT2D eigenvalue weighted by Crippen LogP contribution is 2.19. The number of halogens is 2. The van der Waals surface area contributed by atoms with Gasteiger partial charge in [0.05, 0.1) is 5.69 Å². The minimum absolute atomic E-state index is 0.0699. The van der Waals surface area contributed by atoms with Gasteiger partial charge in [-0.25, -0.2) is 8.78 Å². The predicted molar refractivity (Wildman–Crippen MR) is 68.0 cm³/mol. The SMILES string of the molecule is Fc1cccc(NC(=S)NC2CCCC2)c1F. The Bertz CT molecular complexity index is 417. The number of thiocarbonyl (C=S) groups is 1. The molecule has 17 heavy (non-hydrogen) atoms. The fourth-order valence-corrected chi connectivity index (χ4v) is 2.29. The molecule has 2 nitrogen and oxygen atoms in total. The lowest BCUT2D eigenvalue weighted by Crippen LogP contribution is -2.36. The molecule has 0 saturated heterocycles. The van der Waals surface area contributed by atoms with Gasteiger partial charge in [-0.15, -0.1) is 0 Å². The van der Waals surface area contributed by atoms with E-state index in [-0.39, 0.29) is 5.69 Å². The largest absolute Gasteiger partial charge is 0.360 e. The number of nitrogens with one attached hydrogen (secondary N) is 2. The van der Waals surface area contributed by atoms with Crippen LogP contribution < -0.4 is 10.6 Å². The Morgan fingerprint density at radius 1 is 1.24 bits per heavy atom. The summed E-state index contributed by atoms with van der Waals surface area (Å²) in [5, 5.41) is 6.14. The highest BCUT2D eigenvalue weighted by atomic mass is 32.1. The Hall–Kier alpha value is -1.23. The molecule has 0 aliphatic heterocycles. The molecule has 0 radical (unpaired) electrons. The number of benzene rings is 1. The van der Waals surface area contributed by atoms with Crippen LogP contribution in [0.2, 0.25) is 0 Å². The van der Waals surface area contributed by atoms with Gasteiger partial charge < -0.3 is 10.6 Å². The Kier molecular flexibility index (Phi) is 3.89. The van der Waals surface area contributed by atoms with E-state index in [2.05, 4.69) is 10.6 Å². The second-order valence-corrected chi connectivity index (χ2v) is 4.59. The molecule has 1 aromatic rings. The Morgan fingerprint density at radius 3 is 2.65 bits per heavy atom. The lowest BCUT2D eigenvalue weighted by atomic mass is 10.2. The van der Waals surface area contributed by atoms with E-state index in [1.54, 1.807) is 0 Å². The summed E-state index contributed by atoms with van der Waals surface area (Å²) in [6.45, 7) is 0. The van der Waals surface area contributed by atoms with E-state index in [4.69, 9.17) is 12.2 Å². The quantitative estimate of drug-likeness (QED) is 0.795. The van der Waals surface area contributed by atoms with Gasteiger partial charge in [0.25, 0.3) is 0 Å². The van der Waals surface area contributed by atoms with Crippen LogP contribution in [-0.4, -0.2) is 11.2 Å². The second-order valence-electron chi connectivity index (χ2n) is 4.18. The smallest absolute Gasteiger partial charge is 0.182 e. The molecule has 0 amide bonds. The van der Waals surface area contributed by atoms with Crippen molar-refractivity contribution in [1.82, 2.24) is 5.32 Å². The van der Waals surface area contributed by atoms with E-state index in [0.717, 1.165) is 18.9 Å². The molecule has 0 heterocycles. The maximum absolute atomic E-state index is 13.4. The Morgan fingerprint density at radius 2 is 1.94 bits per heavy atom. The first kappa shape index (κ1) is 12.2. The summed E-state index contributed by atoms with van der Waals surface area (Å²) >= 11 is 5.06. The van der Waals surface area contributed by atoms with Gasteiger partial charge in [-0.1, -0.05) is 18.9 Å². The molecule has 1 aliphatic carbocycles. The molecule has 1 aromatic carbocycles. The van der Waals surface area contributed by atoms with Crippen molar-refractivity contribution < 1.29 is 8.78 Å². The van der Waals surface area contributed by atoms with E-state index in [0.29, 0.717) is 11.2 Å². The molecule has 1 aliphatic rings. The van der Waals surface area contributed by atoms with Crippen LogP contribution >= 0.6 is 12.2 Å². The molecule has 5 heteroatoms. The molecular weight excluding hydrogens is 242 g/mol. The van der Waals surface area contributed by atoms with Crippen LogP contribution in [0.3, 0.4) is 0 Å². The van der Waals surface area contributed by atoms with E-state index in [1.165, 1.54) is 25.0 Å². The third-order valence-electron chi connectivity index (χ3n) is 2.89. The van der Waals surface area contributed by atoms with Gasteiger partial charge >= 0.3 is 0 Å². The van der Waals surface area contributed by atoms with Gasteiger partial charge in [0.1, 0.15) is 0 Å². The zero-order valence-electron chi connectivity index (χ0n) is 9.30. The summed E-state index contributed by atoms with van der Waals surface area (Å²) in [7, 11) is 0. The summed E-state index contributed by atoms with van der Waals surface area (Å²) in [4.78, 5) is 0. The minimum atomic E-state index is -0.900. The van der Waals surface area contributed by atoms with E-state index >= 15 is 0 Å². The molecular formula is C12H14F2N2S. The van der Waals surface area contributed by atoms with Crippen molar-refractivity contribution in [2.45, 2.75) is 31.7 Å². The van der Waals surface area contributed by atoms with Gasteiger partial charge in [-0.2, -0.15) is 0 Å². The molecule has 0 spiro atoms. The topological polar surface area (TPSA) is 24.1 Å². The molecule has 1 saturated carbocycles. The van der Waals surface area contributed by atoms with Crippen LogP contribution in [0.15, 0.2) is 18.2 Å². The fourth-order valence-electron chi connectivity index (χ4n) is 2.01. The maximum Gasteiger partial charge on any atom is 0.182 e. The number of rotatable bonds is 2. The average Bonchev–Trinajstić information content (AvgIpc) is 2.77. The molecule has 92 valence electrons. The van der Waals surface area contributed by atoms with E-state index < -0.39 is 11.6 Å². The monoisotopic (exact) mass is 256 g/mol. The Labute approximate surface area is 104 Å². The number of anilines is 1. The summed E-state index contributed by atoms with van der Waals surface area (Å²) in [6.07, 6.45) is 4.53. The maximum atomic E-state index is 13.4. The second kappa shape index (κ2) is 5.40. The first-order chi connectivity index (χ1) is 8.16. The van der Waals surface area contributed by atoms with Gasteiger partial charge in [0, 0.05) is 6.04 Å². The minimum Gasteiger partial charge on any atom is -0.360 e. The molecule has 0 unspecified atom stereocenters. The summed E-state index contributed by atoms with van der Waals surface area (Å²) in [5.74, 6) is -1.78. The van der Waals surface area contributed by atoms with Crippen LogP contribution in [0.25, 0.3) is 0 Å². The van der Waals surface area contributed by atoms with Gasteiger partial charge in [-0.05, 0) is 37.2 Å². The van der Waals surface area contributed by atoms with Crippen molar-refractivity contribution in [3.63, 3.8) is 0 Å². The fraction of sp³-hybridized carbons (Fsp3) is 0.417. The molecule has 2 N–H and O–H groups in total. The van der Waals surface area contributed by atoms with Crippen molar-refractivity contribution in [2.75, 3.05) is 5.32 Å². The Balaban J connectivity index is 1.95. The van der Waals surface area contributed by atoms with Gasteiger partial charge in [0.2, 0.25) is 0 Å². The van der Waals surface area contributed by atoms with Crippen LogP contribution in [0.5, 0.6) is 0 Å².